The third-order valence-corrected chi connectivity index (χ3v) is 4.22. The number of aryl methyl sites for hydroxylation is 1. The van der Waals surface area contributed by atoms with Gasteiger partial charge in [-0.1, -0.05) is 12.1 Å². The molecule has 1 aromatic carbocycles. The van der Waals surface area contributed by atoms with Gasteiger partial charge in [0.1, 0.15) is 6.33 Å². The van der Waals surface area contributed by atoms with Gasteiger partial charge in [0.15, 0.2) is 6.61 Å². The first-order valence-electron chi connectivity index (χ1n) is 8.32. The molecule has 0 fully saturated rings. The van der Waals surface area contributed by atoms with Crippen molar-refractivity contribution in [3.63, 3.8) is 0 Å². The van der Waals surface area contributed by atoms with Crippen molar-refractivity contribution in [2.45, 2.75) is 20.4 Å². The van der Waals surface area contributed by atoms with Gasteiger partial charge in [-0.3, -0.25) is 4.79 Å². The summed E-state index contributed by atoms with van der Waals surface area (Å²) in [7, 11) is 0. The molecular weight excluding hydrogens is 346 g/mol. The molecule has 0 atom stereocenters. The Balaban J connectivity index is 1.69. The average molecular weight is 365 g/mol. The van der Waals surface area contributed by atoms with E-state index in [1.54, 1.807) is 36.4 Å². The number of rotatable bonds is 7. The fourth-order valence-corrected chi connectivity index (χ4v) is 2.84. The predicted octanol–water partition coefficient (Wildman–Crippen LogP) is 2.31. The maximum atomic E-state index is 12.5. The van der Waals surface area contributed by atoms with Crippen LogP contribution in [0.15, 0.2) is 49.3 Å². The molecule has 0 aliphatic rings. The fraction of sp³-hybridized carbons (Fsp3) is 0.211. The predicted molar refractivity (Wildman–Crippen MR) is 97.9 cm³/mol. The molecule has 0 aliphatic carbocycles. The number of Topliss-reactive ketones (excluding diaryl/α,β-unsaturated/α-hetero) is 1. The second-order valence-electron chi connectivity index (χ2n) is 5.99. The minimum Gasteiger partial charge on any atom is -0.454 e. The lowest BCUT2D eigenvalue weighted by Crippen LogP contribution is -2.15. The monoisotopic (exact) mass is 365 g/mol. The second kappa shape index (κ2) is 7.77. The third kappa shape index (κ3) is 3.84. The zero-order chi connectivity index (χ0) is 19.4. The first-order chi connectivity index (χ1) is 13.0. The summed E-state index contributed by atoms with van der Waals surface area (Å²) >= 11 is 0. The molecule has 0 saturated heterocycles. The Hall–Kier alpha value is -3.55. The first kappa shape index (κ1) is 18.2. The van der Waals surface area contributed by atoms with Crippen molar-refractivity contribution in [3.8, 4) is 5.69 Å². The van der Waals surface area contributed by atoms with Crippen LogP contribution in [0, 0.1) is 13.8 Å². The summed E-state index contributed by atoms with van der Waals surface area (Å²) in [4.78, 5) is 24.8. The number of tetrazole rings is 1. The van der Waals surface area contributed by atoms with E-state index in [1.165, 1.54) is 11.0 Å². The second-order valence-corrected chi connectivity index (χ2v) is 5.99. The normalized spacial score (nSPS) is 10.6. The molecule has 0 radical (unpaired) electrons. The van der Waals surface area contributed by atoms with Gasteiger partial charge in [-0.2, -0.15) is 0 Å². The van der Waals surface area contributed by atoms with Crippen molar-refractivity contribution in [1.82, 2.24) is 24.8 Å². The van der Waals surface area contributed by atoms with Crippen LogP contribution in [-0.2, 0) is 11.3 Å². The van der Waals surface area contributed by atoms with Gasteiger partial charge in [-0.25, -0.2) is 9.48 Å². The van der Waals surface area contributed by atoms with Gasteiger partial charge < -0.3 is 9.30 Å². The smallest absolute Gasteiger partial charge is 0.338 e. The van der Waals surface area contributed by atoms with E-state index < -0.39 is 5.97 Å². The van der Waals surface area contributed by atoms with Crippen LogP contribution < -0.4 is 0 Å². The summed E-state index contributed by atoms with van der Waals surface area (Å²) in [6.07, 6.45) is 3.19. The molecule has 2 heterocycles. The Labute approximate surface area is 156 Å². The molecule has 8 nitrogen and oxygen atoms in total. The zero-order valence-corrected chi connectivity index (χ0v) is 15.1. The number of carbonyl (C=O) groups is 2. The van der Waals surface area contributed by atoms with Crippen LogP contribution in [0.25, 0.3) is 5.69 Å². The van der Waals surface area contributed by atoms with Crippen LogP contribution in [0.1, 0.15) is 32.1 Å². The van der Waals surface area contributed by atoms with Crippen LogP contribution in [-0.4, -0.2) is 43.1 Å². The lowest BCUT2D eigenvalue weighted by atomic mass is 10.1. The van der Waals surface area contributed by atoms with Gasteiger partial charge in [0.05, 0.1) is 11.3 Å². The number of hydrogen-bond donors (Lipinski definition) is 0. The summed E-state index contributed by atoms with van der Waals surface area (Å²) < 4.78 is 8.61. The molecule has 3 aromatic rings. The van der Waals surface area contributed by atoms with E-state index in [-0.39, 0.29) is 12.4 Å². The number of hydrogen-bond acceptors (Lipinski definition) is 6. The Morgan fingerprint density at radius 1 is 1.26 bits per heavy atom. The van der Waals surface area contributed by atoms with E-state index in [0.717, 1.165) is 11.4 Å². The summed E-state index contributed by atoms with van der Waals surface area (Å²) in [5.74, 6) is -0.832. The van der Waals surface area contributed by atoms with Crippen molar-refractivity contribution in [1.29, 1.82) is 0 Å². The number of ether oxygens (including phenoxy) is 1. The van der Waals surface area contributed by atoms with Gasteiger partial charge in [0.25, 0.3) is 0 Å². The van der Waals surface area contributed by atoms with Gasteiger partial charge in [-0.15, -0.1) is 11.7 Å². The summed E-state index contributed by atoms with van der Waals surface area (Å²) in [5.41, 5.74) is 3.26. The molecule has 0 bridgehead atoms. The number of ketones is 1. The zero-order valence-electron chi connectivity index (χ0n) is 15.1. The van der Waals surface area contributed by atoms with E-state index in [0.29, 0.717) is 23.4 Å². The van der Waals surface area contributed by atoms with Crippen molar-refractivity contribution in [3.05, 3.63) is 71.8 Å². The van der Waals surface area contributed by atoms with E-state index >= 15 is 0 Å². The maximum Gasteiger partial charge on any atom is 0.338 e. The summed E-state index contributed by atoms with van der Waals surface area (Å²) in [6.45, 7) is 7.80. The molecule has 27 heavy (non-hydrogen) atoms. The number of esters is 1. The van der Waals surface area contributed by atoms with Gasteiger partial charge >= 0.3 is 5.97 Å². The Morgan fingerprint density at radius 2 is 2.07 bits per heavy atom. The molecule has 8 heteroatoms. The molecule has 0 unspecified atom stereocenters. The molecule has 0 aliphatic heterocycles. The van der Waals surface area contributed by atoms with Crippen LogP contribution in [0.4, 0.5) is 0 Å². The van der Waals surface area contributed by atoms with Crippen molar-refractivity contribution < 1.29 is 14.3 Å². The van der Waals surface area contributed by atoms with E-state index in [9.17, 15) is 9.59 Å². The van der Waals surface area contributed by atoms with Gasteiger partial charge in [-0.05, 0) is 48.5 Å². The molecule has 0 spiro atoms. The number of allylic oxidation sites excluding steroid dienone is 1. The minimum atomic E-state index is -0.585. The molecular formula is C19H19N5O3. The minimum absolute atomic E-state index is 0.247. The van der Waals surface area contributed by atoms with Crippen LogP contribution in [0.5, 0.6) is 0 Å². The number of nitrogens with zero attached hydrogens (tertiary/aromatic N) is 5. The SMILES string of the molecule is C=CCn1c(C)cc(C(=O)COC(=O)c2cccc(-n3cnnn3)c2)c1C. The maximum absolute atomic E-state index is 12.5. The number of aromatic nitrogens is 5. The topological polar surface area (TPSA) is 91.9 Å². The Kier molecular flexibility index (Phi) is 5.25. The highest BCUT2D eigenvalue weighted by Crippen LogP contribution is 2.16. The highest BCUT2D eigenvalue weighted by molar-refractivity contribution is 6.00. The highest BCUT2D eigenvalue weighted by atomic mass is 16.5. The van der Waals surface area contributed by atoms with Crippen molar-refractivity contribution >= 4 is 11.8 Å². The summed E-state index contributed by atoms with van der Waals surface area (Å²) in [5, 5.41) is 10.9. The van der Waals surface area contributed by atoms with Crippen LogP contribution in [0.2, 0.25) is 0 Å². The highest BCUT2D eigenvalue weighted by Gasteiger charge is 2.17. The number of benzene rings is 1. The summed E-state index contributed by atoms with van der Waals surface area (Å²) in [6, 6.07) is 8.45. The van der Waals surface area contributed by atoms with Gasteiger partial charge in [0.2, 0.25) is 5.78 Å². The quantitative estimate of drug-likeness (QED) is 0.362. The Bertz CT molecular complexity index is 989. The van der Waals surface area contributed by atoms with E-state index in [2.05, 4.69) is 22.1 Å². The lowest BCUT2D eigenvalue weighted by Gasteiger charge is -2.07. The van der Waals surface area contributed by atoms with Gasteiger partial charge in [0, 0.05) is 23.5 Å². The molecule has 0 saturated carbocycles. The van der Waals surface area contributed by atoms with Crippen molar-refractivity contribution in [2.24, 2.45) is 0 Å². The fourth-order valence-electron chi connectivity index (χ4n) is 2.84. The first-order valence-corrected chi connectivity index (χ1v) is 8.32. The number of carbonyl (C=O) groups excluding carboxylic acids is 2. The van der Waals surface area contributed by atoms with E-state index in [1.807, 2.05) is 18.4 Å². The molecule has 2 aromatic heterocycles. The van der Waals surface area contributed by atoms with Crippen LogP contribution in [0.3, 0.4) is 0 Å². The standard InChI is InChI=1S/C19H19N5O3/c1-4-8-23-13(2)9-17(14(23)3)18(25)11-27-19(26)15-6-5-7-16(10-15)24-12-20-21-22-24/h4-7,9-10,12H,1,8,11H2,2-3H3. The molecule has 0 amide bonds. The lowest BCUT2D eigenvalue weighted by molar-refractivity contribution is 0.0474. The third-order valence-electron chi connectivity index (χ3n) is 4.22. The largest absolute Gasteiger partial charge is 0.454 e. The molecule has 138 valence electrons. The molecule has 0 N–H and O–H groups in total. The van der Waals surface area contributed by atoms with E-state index in [4.69, 9.17) is 4.74 Å². The Morgan fingerprint density at radius 3 is 2.78 bits per heavy atom. The average Bonchev–Trinajstić information content (AvgIpc) is 3.30. The van der Waals surface area contributed by atoms with Crippen molar-refractivity contribution in [2.75, 3.05) is 6.61 Å². The molecule has 3 rings (SSSR count). The van der Waals surface area contributed by atoms with Crippen LogP contribution >= 0.6 is 0 Å².